The summed E-state index contributed by atoms with van der Waals surface area (Å²) in [6.45, 7) is 2.77. The minimum absolute atomic E-state index is 0.131. The highest BCUT2D eigenvalue weighted by molar-refractivity contribution is 5.86. The van der Waals surface area contributed by atoms with Crippen LogP contribution in [0.15, 0.2) is 48.7 Å². The molecule has 1 fully saturated rings. The maximum atomic E-state index is 12.8. The summed E-state index contributed by atoms with van der Waals surface area (Å²) in [5, 5.41) is 17.8. The van der Waals surface area contributed by atoms with Crippen molar-refractivity contribution in [2.45, 2.75) is 32.4 Å². The Morgan fingerprint density at radius 1 is 1.17 bits per heavy atom. The van der Waals surface area contributed by atoms with Gasteiger partial charge in [0.15, 0.2) is 0 Å². The Labute approximate surface area is 175 Å². The molecule has 0 saturated carbocycles. The molecule has 1 saturated heterocycles. The first-order chi connectivity index (χ1) is 14.4. The number of nitrogens with one attached hydrogen (secondary N) is 1. The lowest BCUT2D eigenvalue weighted by atomic mass is 9.96. The van der Waals surface area contributed by atoms with E-state index in [9.17, 15) is 14.7 Å². The summed E-state index contributed by atoms with van der Waals surface area (Å²) in [7, 11) is 1.89. The van der Waals surface area contributed by atoms with Crippen molar-refractivity contribution in [3.8, 4) is 0 Å². The topological polar surface area (TPSA) is 87.5 Å². The molecule has 2 amide bonds. The number of aromatic nitrogens is 2. The molecule has 2 N–H and O–H groups in total. The van der Waals surface area contributed by atoms with Crippen molar-refractivity contribution in [3.63, 3.8) is 0 Å². The number of aryl methyl sites for hydroxylation is 2. The summed E-state index contributed by atoms with van der Waals surface area (Å²) in [6, 6.07) is 13.5. The molecule has 1 aromatic heterocycles. The van der Waals surface area contributed by atoms with Crippen LogP contribution in [0.5, 0.6) is 0 Å². The van der Waals surface area contributed by atoms with Crippen LogP contribution in [0, 0.1) is 12.8 Å². The van der Waals surface area contributed by atoms with Gasteiger partial charge >= 0.3 is 6.09 Å². The van der Waals surface area contributed by atoms with Crippen LogP contribution in [-0.2, 0) is 24.8 Å². The normalized spacial score (nSPS) is 18.7. The van der Waals surface area contributed by atoms with Crippen LogP contribution in [0.2, 0.25) is 0 Å². The standard InChI is InChI=1S/C23H26N4O3/c1-15-3-5-16(6-4-15)9-18-11-21(27(14-18)23(29)30)22(28)24-12-17-7-8-20-19(10-17)13-25-26(20)2/h3-8,10,13,18,21H,9,11-12,14H2,1-2H3,(H,24,28)(H,29,30)/t18-,21+/m1/s1. The first-order valence-corrected chi connectivity index (χ1v) is 10.1. The molecule has 2 aromatic carbocycles. The number of hydrogen-bond donors (Lipinski definition) is 2. The highest BCUT2D eigenvalue weighted by Gasteiger charge is 2.39. The van der Waals surface area contributed by atoms with Gasteiger partial charge in [0, 0.05) is 25.5 Å². The number of hydrogen-bond acceptors (Lipinski definition) is 3. The van der Waals surface area contributed by atoms with Gasteiger partial charge < -0.3 is 10.4 Å². The Hall–Kier alpha value is -3.35. The van der Waals surface area contributed by atoms with E-state index >= 15 is 0 Å². The van der Waals surface area contributed by atoms with Gasteiger partial charge in [0.05, 0.1) is 11.7 Å². The average molecular weight is 406 g/mol. The van der Waals surface area contributed by atoms with Crippen molar-refractivity contribution in [2.75, 3.05) is 6.54 Å². The zero-order chi connectivity index (χ0) is 21.3. The van der Waals surface area contributed by atoms with Crippen molar-refractivity contribution < 1.29 is 14.7 Å². The zero-order valence-corrected chi connectivity index (χ0v) is 17.2. The van der Waals surface area contributed by atoms with Crippen molar-refractivity contribution in [1.82, 2.24) is 20.0 Å². The Kier molecular flexibility index (Phi) is 5.44. The summed E-state index contributed by atoms with van der Waals surface area (Å²) in [6.07, 6.45) is 2.05. The molecular weight excluding hydrogens is 380 g/mol. The van der Waals surface area contributed by atoms with Gasteiger partial charge in [0.1, 0.15) is 6.04 Å². The highest BCUT2D eigenvalue weighted by atomic mass is 16.4. The van der Waals surface area contributed by atoms with Crippen molar-refractivity contribution in [1.29, 1.82) is 0 Å². The number of carboxylic acid groups (broad SMARTS) is 1. The second-order valence-corrected chi connectivity index (χ2v) is 8.12. The number of nitrogens with zero attached hydrogens (tertiary/aromatic N) is 3. The first kappa shape index (κ1) is 19.9. The fourth-order valence-electron chi connectivity index (χ4n) is 4.22. The maximum Gasteiger partial charge on any atom is 0.407 e. The van der Waals surface area contributed by atoms with E-state index in [4.69, 9.17) is 0 Å². The highest BCUT2D eigenvalue weighted by Crippen LogP contribution is 2.27. The minimum atomic E-state index is -1.04. The van der Waals surface area contributed by atoms with Crippen molar-refractivity contribution >= 4 is 22.9 Å². The average Bonchev–Trinajstić information content (AvgIpc) is 3.32. The lowest BCUT2D eigenvalue weighted by molar-refractivity contribution is -0.125. The van der Waals surface area contributed by atoms with Crippen LogP contribution in [0.25, 0.3) is 10.9 Å². The van der Waals surface area contributed by atoms with E-state index in [-0.39, 0.29) is 11.8 Å². The number of benzene rings is 2. The van der Waals surface area contributed by atoms with E-state index in [2.05, 4.69) is 34.7 Å². The molecule has 0 unspecified atom stereocenters. The summed E-state index contributed by atoms with van der Waals surface area (Å²) >= 11 is 0. The molecule has 30 heavy (non-hydrogen) atoms. The van der Waals surface area contributed by atoms with Crippen LogP contribution in [0.4, 0.5) is 4.79 Å². The molecule has 0 bridgehead atoms. The Bertz CT molecular complexity index is 1070. The number of amides is 2. The lowest BCUT2D eigenvalue weighted by Crippen LogP contribution is -2.45. The van der Waals surface area contributed by atoms with Gasteiger partial charge in [-0.25, -0.2) is 4.79 Å². The molecule has 2 heterocycles. The fourth-order valence-corrected chi connectivity index (χ4v) is 4.22. The second-order valence-electron chi connectivity index (χ2n) is 8.12. The smallest absolute Gasteiger partial charge is 0.407 e. The van der Waals surface area contributed by atoms with Crippen LogP contribution in [-0.4, -0.2) is 44.4 Å². The zero-order valence-electron chi connectivity index (χ0n) is 17.2. The lowest BCUT2D eigenvalue weighted by Gasteiger charge is -2.20. The predicted octanol–water partition coefficient (Wildman–Crippen LogP) is 3.11. The van der Waals surface area contributed by atoms with E-state index in [1.807, 2.05) is 32.2 Å². The molecule has 0 spiro atoms. The third kappa shape index (κ3) is 4.15. The molecule has 7 nitrogen and oxygen atoms in total. The van der Waals surface area contributed by atoms with Crippen LogP contribution < -0.4 is 5.32 Å². The van der Waals surface area contributed by atoms with Gasteiger partial charge in [0.2, 0.25) is 5.91 Å². The van der Waals surface area contributed by atoms with E-state index in [1.54, 1.807) is 10.9 Å². The predicted molar refractivity (Wildman–Crippen MR) is 114 cm³/mol. The molecule has 1 aliphatic heterocycles. The summed E-state index contributed by atoms with van der Waals surface area (Å²) in [4.78, 5) is 25.8. The Morgan fingerprint density at radius 2 is 1.90 bits per heavy atom. The second kappa shape index (κ2) is 8.18. The Balaban J connectivity index is 1.40. The van der Waals surface area contributed by atoms with Crippen LogP contribution >= 0.6 is 0 Å². The molecule has 1 aliphatic rings. The Morgan fingerprint density at radius 3 is 2.63 bits per heavy atom. The largest absolute Gasteiger partial charge is 0.465 e. The number of fused-ring (bicyclic) bond motifs is 1. The summed E-state index contributed by atoms with van der Waals surface area (Å²) in [5.41, 5.74) is 4.35. The van der Waals surface area contributed by atoms with Gasteiger partial charge in [-0.05, 0) is 48.9 Å². The molecule has 4 rings (SSSR count). The maximum absolute atomic E-state index is 12.8. The van der Waals surface area contributed by atoms with E-state index < -0.39 is 12.1 Å². The number of carbonyl (C=O) groups excluding carboxylic acids is 1. The van der Waals surface area contributed by atoms with E-state index in [0.717, 1.165) is 22.9 Å². The summed E-state index contributed by atoms with van der Waals surface area (Å²) in [5.74, 6) is -0.110. The summed E-state index contributed by atoms with van der Waals surface area (Å²) < 4.78 is 1.80. The quantitative estimate of drug-likeness (QED) is 0.682. The van der Waals surface area contributed by atoms with E-state index in [0.29, 0.717) is 19.5 Å². The third-order valence-electron chi connectivity index (χ3n) is 5.86. The molecule has 2 atom stereocenters. The van der Waals surface area contributed by atoms with Crippen LogP contribution in [0.3, 0.4) is 0 Å². The van der Waals surface area contributed by atoms with Gasteiger partial charge in [-0.2, -0.15) is 5.10 Å². The monoisotopic (exact) mass is 406 g/mol. The van der Waals surface area contributed by atoms with Gasteiger partial charge in [-0.15, -0.1) is 0 Å². The van der Waals surface area contributed by atoms with E-state index in [1.165, 1.54) is 16.0 Å². The van der Waals surface area contributed by atoms with Crippen molar-refractivity contribution in [2.24, 2.45) is 13.0 Å². The van der Waals surface area contributed by atoms with Gasteiger partial charge in [0.25, 0.3) is 0 Å². The fraction of sp³-hybridized carbons (Fsp3) is 0.348. The third-order valence-corrected chi connectivity index (χ3v) is 5.86. The number of carbonyl (C=O) groups is 2. The van der Waals surface area contributed by atoms with Gasteiger partial charge in [-0.1, -0.05) is 35.9 Å². The van der Waals surface area contributed by atoms with Gasteiger partial charge in [-0.3, -0.25) is 14.4 Å². The molecule has 0 radical (unpaired) electrons. The van der Waals surface area contributed by atoms with Crippen molar-refractivity contribution in [3.05, 3.63) is 65.4 Å². The molecule has 7 heteroatoms. The molecule has 3 aromatic rings. The first-order valence-electron chi connectivity index (χ1n) is 10.1. The number of rotatable bonds is 5. The molecule has 0 aliphatic carbocycles. The minimum Gasteiger partial charge on any atom is -0.465 e. The van der Waals surface area contributed by atoms with Crippen LogP contribution in [0.1, 0.15) is 23.1 Å². The number of likely N-dealkylation sites (tertiary alicyclic amines) is 1. The SMILES string of the molecule is Cc1ccc(C[C@@H]2C[C@@H](C(=O)NCc3ccc4c(cnn4C)c3)N(C(=O)O)C2)cc1. The molecule has 156 valence electrons. The molecular formula is C23H26N4O3.